The van der Waals surface area contributed by atoms with Crippen molar-refractivity contribution < 1.29 is 33.3 Å². The lowest BCUT2D eigenvalue weighted by Crippen LogP contribution is -2.43. The lowest BCUT2D eigenvalue weighted by molar-refractivity contribution is -0.619. The lowest BCUT2D eigenvalue weighted by Gasteiger charge is -2.25. The molecule has 1 atom stereocenters. The summed E-state index contributed by atoms with van der Waals surface area (Å²) in [5, 5.41) is 13.0. The van der Waals surface area contributed by atoms with Gasteiger partial charge in [0.1, 0.15) is 35.0 Å². The van der Waals surface area contributed by atoms with Crippen LogP contribution in [0.25, 0.3) is 0 Å². The lowest BCUT2D eigenvalue weighted by atomic mass is 9.92. The number of carbonyl (C=O) groups excluding carboxylic acids is 3. The molecule has 0 saturated heterocycles. The maximum absolute atomic E-state index is 13.2. The highest BCUT2D eigenvalue weighted by Gasteiger charge is 2.36. The molecule has 1 aromatic carbocycles. The van der Waals surface area contributed by atoms with Gasteiger partial charge in [0.25, 0.3) is 0 Å². The second-order valence-corrected chi connectivity index (χ2v) is 10.6. The number of hydrogen-bond donors (Lipinski definition) is 1. The monoisotopic (exact) mass is 500 g/mol. The molecule has 1 aromatic heterocycles. The van der Waals surface area contributed by atoms with Crippen molar-refractivity contribution >= 4 is 17.9 Å². The van der Waals surface area contributed by atoms with E-state index < -0.39 is 35.2 Å². The van der Waals surface area contributed by atoms with Crippen molar-refractivity contribution in [3.63, 3.8) is 0 Å². The van der Waals surface area contributed by atoms with Gasteiger partial charge in [-0.1, -0.05) is 30.3 Å². The van der Waals surface area contributed by atoms with Crippen LogP contribution in [0.5, 0.6) is 0 Å². The van der Waals surface area contributed by atoms with Gasteiger partial charge in [0.15, 0.2) is 0 Å². The minimum absolute atomic E-state index is 0.0125. The predicted molar refractivity (Wildman–Crippen MR) is 133 cm³/mol. The molecule has 0 spiro atoms. The summed E-state index contributed by atoms with van der Waals surface area (Å²) in [6.07, 6.45) is -0.251. The number of benzene rings is 1. The quantitative estimate of drug-likeness (QED) is 0.265. The maximum Gasteiger partial charge on any atom is 0.345 e. The van der Waals surface area contributed by atoms with Crippen molar-refractivity contribution in [2.75, 3.05) is 0 Å². The standard InChI is InChI=1S/C27H36N2O7/c1-16-21(24(31)35-26(3,4)5)19(22(17(2)29(16)33)25(32)36-27(6,7)8)14-20(28)23(30)34-15-18-12-10-9-11-13-18/h9-13,20H,14-15,28H2,1-8H3/t20-/m0/s1. The number of carbonyl (C=O) groups is 3. The van der Waals surface area contributed by atoms with Crippen molar-refractivity contribution in [1.82, 2.24) is 0 Å². The van der Waals surface area contributed by atoms with E-state index in [4.69, 9.17) is 19.9 Å². The highest BCUT2D eigenvalue weighted by Crippen LogP contribution is 2.26. The molecule has 0 aliphatic carbocycles. The van der Waals surface area contributed by atoms with E-state index >= 15 is 0 Å². The van der Waals surface area contributed by atoms with Crippen LogP contribution in [0.2, 0.25) is 0 Å². The Hall–Kier alpha value is -3.46. The van der Waals surface area contributed by atoms with Crippen molar-refractivity contribution in [2.45, 2.75) is 85.7 Å². The molecule has 9 nitrogen and oxygen atoms in total. The van der Waals surface area contributed by atoms with Crippen LogP contribution in [0, 0.1) is 19.1 Å². The Morgan fingerprint density at radius 3 is 1.75 bits per heavy atom. The van der Waals surface area contributed by atoms with E-state index in [1.165, 1.54) is 13.8 Å². The van der Waals surface area contributed by atoms with Gasteiger partial charge in [-0.25, -0.2) is 9.59 Å². The van der Waals surface area contributed by atoms with Gasteiger partial charge in [0.05, 0.1) is 0 Å². The fourth-order valence-electron chi connectivity index (χ4n) is 3.56. The molecule has 0 amide bonds. The summed E-state index contributed by atoms with van der Waals surface area (Å²) in [4.78, 5) is 39.1. The van der Waals surface area contributed by atoms with E-state index in [0.29, 0.717) is 4.73 Å². The van der Waals surface area contributed by atoms with Crippen LogP contribution in [0.4, 0.5) is 0 Å². The Bertz CT molecular complexity index is 1070. The minimum Gasteiger partial charge on any atom is -0.618 e. The Labute approximate surface area is 212 Å². The van der Waals surface area contributed by atoms with E-state index in [9.17, 15) is 19.6 Å². The number of rotatable bonds is 7. The maximum atomic E-state index is 13.2. The number of esters is 3. The average molecular weight is 501 g/mol. The molecular weight excluding hydrogens is 464 g/mol. The molecule has 2 aromatic rings. The number of aromatic nitrogens is 1. The Morgan fingerprint density at radius 2 is 1.33 bits per heavy atom. The van der Waals surface area contributed by atoms with Crippen LogP contribution in [-0.4, -0.2) is 35.2 Å². The Kier molecular flexibility index (Phi) is 8.85. The predicted octanol–water partition coefficient (Wildman–Crippen LogP) is 3.46. The largest absolute Gasteiger partial charge is 0.618 e. The van der Waals surface area contributed by atoms with Gasteiger partial charge in [0.2, 0.25) is 11.4 Å². The molecule has 36 heavy (non-hydrogen) atoms. The van der Waals surface area contributed by atoms with Gasteiger partial charge < -0.3 is 25.2 Å². The molecule has 196 valence electrons. The third kappa shape index (κ3) is 7.52. The summed E-state index contributed by atoms with van der Waals surface area (Å²) in [5.74, 6) is -2.35. The second kappa shape index (κ2) is 11.1. The van der Waals surface area contributed by atoms with E-state index in [-0.39, 0.29) is 41.1 Å². The first-order chi connectivity index (χ1) is 16.5. The molecule has 0 bridgehead atoms. The normalized spacial score (nSPS) is 12.6. The topological polar surface area (TPSA) is 132 Å². The summed E-state index contributed by atoms with van der Waals surface area (Å²) in [6, 6.07) is 7.86. The number of hydrogen-bond acceptors (Lipinski definition) is 8. The third-order valence-electron chi connectivity index (χ3n) is 5.09. The molecule has 0 fully saturated rings. The van der Waals surface area contributed by atoms with Gasteiger partial charge >= 0.3 is 17.9 Å². The second-order valence-electron chi connectivity index (χ2n) is 10.6. The Morgan fingerprint density at radius 1 is 0.889 bits per heavy atom. The van der Waals surface area contributed by atoms with Crippen LogP contribution in [-0.2, 0) is 32.0 Å². The van der Waals surface area contributed by atoms with Gasteiger partial charge in [-0.2, -0.15) is 4.73 Å². The average Bonchev–Trinajstić information content (AvgIpc) is 2.74. The number of ether oxygens (including phenoxy) is 3. The number of nitrogens with zero attached hydrogens (tertiary/aromatic N) is 1. The zero-order valence-electron chi connectivity index (χ0n) is 22.3. The van der Waals surface area contributed by atoms with Crippen molar-refractivity contribution in [2.24, 2.45) is 5.73 Å². The molecular formula is C27H36N2O7. The van der Waals surface area contributed by atoms with Crippen LogP contribution in [0.1, 0.15) is 84.8 Å². The van der Waals surface area contributed by atoms with Crippen LogP contribution in [0.3, 0.4) is 0 Å². The molecule has 0 saturated carbocycles. The summed E-state index contributed by atoms with van der Waals surface area (Å²) in [7, 11) is 0. The molecule has 0 aliphatic rings. The zero-order chi connectivity index (χ0) is 27.4. The van der Waals surface area contributed by atoms with Gasteiger partial charge in [-0.05, 0) is 52.7 Å². The molecule has 2 N–H and O–H groups in total. The van der Waals surface area contributed by atoms with Gasteiger partial charge in [0, 0.05) is 20.3 Å². The molecule has 1 heterocycles. The first-order valence-corrected chi connectivity index (χ1v) is 11.7. The highest BCUT2D eigenvalue weighted by molar-refractivity contribution is 5.99. The van der Waals surface area contributed by atoms with Gasteiger partial charge in [-0.15, -0.1) is 0 Å². The summed E-state index contributed by atoms with van der Waals surface area (Å²) >= 11 is 0. The van der Waals surface area contributed by atoms with E-state index in [2.05, 4.69) is 0 Å². The summed E-state index contributed by atoms with van der Waals surface area (Å²) < 4.78 is 16.9. The SMILES string of the molecule is Cc1c(C(=O)OC(C)(C)C)c(C[C@H](N)C(=O)OCc2ccccc2)c(C(=O)OC(C)(C)C)c(C)[n+]1[O-]. The molecule has 0 aliphatic heterocycles. The molecule has 2 rings (SSSR count). The summed E-state index contributed by atoms with van der Waals surface area (Å²) in [6.45, 7) is 13.0. The van der Waals surface area contributed by atoms with E-state index in [1.807, 2.05) is 18.2 Å². The molecule has 0 radical (unpaired) electrons. The van der Waals surface area contributed by atoms with Crippen molar-refractivity contribution in [3.05, 3.63) is 69.2 Å². The van der Waals surface area contributed by atoms with E-state index in [1.54, 1.807) is 53.7 Å². The number of nitrogens with two attached hydrogens (primary N) is 1. The van der Waals surface area contributed by atoms with Crippen LogP contribution < -0.4 is 10.5 Å². The summed E-state index contributed by atoms with van der Waals surface area (Å²) in [5.41, 5.74) is 5.10. The first kappa shape index (κ1) is 28.8. The highest BCUT2D eigenvalue weighted by atomic mass is 16.6. The zero-order valence-corrected chi connectivity index (χ0v) is 22.3. The third-order valence-corrected chi connectivity index (χ3v) is 5.09. The minimum atomic E-state index is -1.22. The smallest absolute Gasteiger partial charge is 0.345 e. The van der Waals surface area contributed by atoms with Crippen molar-refractivity contribution in [3.8, 4) is 0 Å². The van der Waals surface area contributed by atoms with E-state index in [0.717, 1.165) is 5.56 Å². The van der Waals surface area contributed by atoms with Crippen LogP contribution in [0.15, 0.2) is 30.3 Å². The van der Waals surface area contributed by atoms with Gasteiger partial charge in [-0.3, -0.25) is 4.79 Å². The number of pyridine rings is 1. The fraction of sp³-hybridized carbons (Fsp3) is 0.481. The molecule has 9 heteroatoms. The van der Waals surface area contributed by atoms with Crippen LogP contribution >= 0.6 is 0 Å². The first-order valence-electron chi connectivity index (χ1n) is 11.7. The molecule has 0 unspecified atom stereocenters. The van der Waals surface area contributed by atoms with Crippen molar-refractivity contribution in [1.29, 1.82) is 0 Å². The Balaban J connectivity index is 2.56. The fourth-order valence-corrected chi connectivity index (χ4v) is 3.56.